The van der Waals surface area contributed by atoms with Crippen LogP contribution in [0.25, 0.3) is 0 Å². The molecule has 1 aromatic heterocycles. The predicted octanol–water partition coefficient (Wildman–Crippen LogP) is 1.32. The van der Waals surface area contributed by atoms with Crippen LogP contribution in [0.2, 0.25) is 0 Å². The number of hydrogen-bond donors (Lipinski definition) is 1. The van der Waals surface area contributed by atoms with Crippen LogP contribution >= 0.6 is 11.8 Å². The molecule has 76 valence electrons. The first-order valence-corrected chi connectivity index (χ1v) is 6.09. The fourth-order valence-corrected chi connectivity index (χ4v) is 3.01. The molecule has 0 aliphatic carbocycles. The molecule has 0 aromatic carbocycles. The third-order valence-electron chi connectivity index (χ3n) is 2.51. The van der Waals surface area contributed by atoms with E-state index in [1.54, 1.807) is 12.4 Å². The molecule has 14 heavy (non-hydrogen) atoms. The summed E-state index contributed by atoms with van der Waals surface area (Å²) in [5, 5.41) is 3.50. The molecule has 1 N–H and O–H groups in total. The standard InChI is InChI=1S/C10H15N3S/c1-8-6-14-7-9(8)13-5-10-11-3-2-4-12-10/h2-4,8-9,13H,5-7H2,1H3. The van der Waals surface area contributed by atoms with E-state index in [1.807, 2.05) is 17.8 Å². The van der Waals surface area contributed by atoms with Gasteiger partial charge in [0.25, 0.3) is 0 Å². The SMILES string of the molecule is CC1CSCC1NCc1ncccn1. The van der Waals surface area contributed by atoms with Crippen LogP contribution in [-0.2, 0) is 6.54 Å². The van der Waals surface area contributed by atoms with Crippen LogP contribution < -0.4 is 5.32 Å². The van der Waals surface area contributed by atoms with Gasteiger partial charge in [0.2, 0.25) is 0 Å². The highest BCUT2D eigenvalue weighted by Crippen LogP contribution is 2.23. The molecular formula is C10H15N3S. The van der Waals surface area contributed by atoms with Crippen LogP contribution in [0.1, 0.15) is 12.7 Å². The first-order chi connectivity index (χ1) is 6.86. The number of hydrogen-bond acceptors (Lipinski definition) is 4. The minimum Gasteiger partial charge on any atom is -0.306 e. The lowest BCUT2D eigenvalue weighted by Crippen LogP contribution is -2.33. The topological polar surface area (TPSA) is 37.8 Å². The molecule has 1 fully saturated rings. The fraction of sp³-hybridized carbons (Fsp3) is 0.600. The van der Waals surface area contributed by atoms with Crippen molar-refractivity contribution >= 4 is 11.8 Å². The van der Waals surface area contributed by atoms with Crippen molar-refractivity contribution in [3.63, 3.8) is 0 Å². The van der Waals surface area contributed by atoms with Crippen molar-refractivity contribution in [2.24, 2.45) is 5.92 Å². The number of thioether (sulfide) groups is 1. The molecule has 1 saturated heterocycles. The Hall–Kier alpha value is -0.610. The van der Waals surface area contributed by atoms with Crippen LogP contribution in [0.4, 0.5) is 0 Å². The number of aromatic nitrogens is 2. The molecule has 1 aliphatic heterocycles. The van der Waals surface area contributed by atoms with E-state index < -0.39 is 0 Å². The highest BCUT2D eigenvalue weighted by molar-refractivity contribution is 7.99. The Bertz CT molecular complexity index is 278. The molecule has 0 saturated carbocycles. The lowest BCUT2D eigenvalue weighted by Gasteiger charge is -2.15. The average Bonchev–Trinajstić information content (AvgIpc) is 2.63. The molecule has 1 aliphatic rings. The summed E-state index contributed by atoms with van der Waals surface area (Å²) in [4.78, 5) is 8.37. The van der Waals surface area contributed by atoms with Gasteiger partial charge in [0.05, 0.1) is 6.54 Å². The van der Waals surface area contributed by atoms with Gasteiger partial charge in [0.15, 0.2) is 0 Å². The summed E-state index contributed by atoms with van der Waals surface area (Å²) in [7, 11) is 0. The fourth-order valence-electron chi connectivity index (χ4n) is 1.57. The summed E-state index contributed by atoms with van der Waals surface area (Å²) < 4.78 is 0. The van der Waals surface area contributed by atoms with Gasteiger partial charge in [-0.25, -0.2) is 9.97 Å². The Labute approximate surface area is 88.7 Å². The van der Waals surface area contributed by atoms with Crippen molar-refractivity contribution in [1.82, 2.24) is 15.3 Å². The second-order valence-electron chi connectivity index (χ2n) is 3.67. The number of rotatable bonds is 3. The highest BCUT2D eigenvalue weighted by atomic mass is 32.2. The minimum atomic E-state index is 0.629. The molecule has 0 spiro atoms. The van der Waals surface area contributed by atoms with Gasteiger partial charge in [-0.3, -0.25) is 0 Å². The average molecular weight is 209 g/mol. The summed E-state index contributed by atoms with van der Waals surface area (Å²) in [5.41, 5.74) is 0. The Balaban J connectivity index is 1.82. The quantitative estimate of drug-likeness (QED) is 0.814. The van der Waals surface area contributed by atoms with E-state index >= 15 is 0 Å². The molecular weight excluding hydrogens is 194 g/mol. The molecule has 2 atom stereocenters. The van der Waals surface area contributed by atoms with E-state index in [0.29, 0.717) is 6.04 Å². The van der Waals surface area contributed by atoms with E-state index in [9.17, 15) is 0 Å². The third-order valence-corrected chi connectivity index (χ3v) is 3.86. The number of nitrogens with one attached hydrogen (secondary N) is 1. The summed E-state index contributed by atoms with van der Waals surface area (Å²) in [6, 6.07) is 2.47. The molecule has 4 heteroatoms. The van der Waals surface area contributed by atoms with Crippen molar-refractivity contribution in [2.45, 2.75) is 19.5 Å². The van der Waals surface area contributed by atoms with Crippen molar-refractivity contribution in [1.29, 1.82) is 0 Å². The highest BCUT2D eigenvalue weighted by Gasteiger charge is 2.23. The largest absolute Gasteiger partial charge is 0.306 e. The van der Waals surface area contributed by atoms with Crippen molar-refractivity contribution < 1.29 is 0 Å². The van der Waals surface area contributed by atoms with Crippen LogP contribution in [0, 0.1) is 5.92 Å². The Morgan fingerprint density at radius 3 is 2.86 bits per heavy atom. The zero-order valence-corrected chi connectivity index (χ0v) is 9.13. The van der Waals surface area contributed by atoms with Gasteiger partial charge >= 0.3 is 0 Å². The lowest BCUT2D eigenvalue weighted by molar-refractivity contribution is 0.447. The smallest absolute Gasteiger partial charge is 0.141 e. The zero-order chi connectivity index (χ0) is 9.80. The van der Waals surface area contributed by atoms with E-state index in [0.717, 1.165) is 18.3 Å². The van der Waals surface area contributed by atoms with Gasteiger partial charge in [-0.1, -0.05) is 6.92 Å². The van der Waals surface area contributed by atoms with Gasteiger partial charge < -0.3 is 5.32 Å². The summed E-state index contributed by atoms with van der Waals surface area (Å²) >= 11 is 2.02. The molecule has 0 amide bonds. The van der Waals surface area contributed by atoms with Crippen LogP contribution in [-0.4, -0.2) is 27.5 Å². The van der Waals surface area contributed by atoms with Crippen LogP contribution in [0.3, 0.4) is 0 Å². The van der Waals surface area contributed by atoms with E-state index in [2.05, 4.69) is 22.2 Å². The van der Waals surface area contributed by atoms with Crippen molar-refractivity contribution in [3.05, 3.63) is 24.3 Å². The maximum Gasteiger partial charge on any atom is 0.141 e. The molecule has 2 heterocycles. The monoisotopic (exact) mass is 209 g/mol. The van der Waals surface area contributed by atoms with E-state index in [1.165, 1.54) is 11.5 Å². The zero-order valence-electron chi connectivity index (χ0n) is 8.31. The summed E-state index contributed by atoms with van der Waals surface area (Å²) in [6.07, 6.45) is 3.58. The first kappa shape index (κ1) is 9.93. The van der Waals surface area contributed by atoms with Gasteiger partial charge in [-0.05, 0) is 17.7 Å². The van der Waals surface area contributed by atoms with E-state index in [-0.39, 0.29) is 0 Å². The van der Waals surface area contributed by atoms with Gasteiger partial charge in [0, 0.05) is 24.2 Å². The van der Waals surface area contributed by atoms with Gasteiger partial charge in [-0.2, -0.15) is 11.8 Å². The molecule has 3 nitrogen and oxygen atoms in total. The Kier molecular flexibility index (Phi) is 3.37. The minimum absolute atomic E-state index is 0.629. The van der Waals surface area contributed by atoms with Crippen LogP contribution in [0.15, 0.2) is 18.5 Å². The maximum atomic E-state index is 4.18. The molecule has 0 bridgehead atoms. The molecule has 1 aromatic rings. The second kappa shape index (κ2) is 4.75. The van der Waals surface area contributed by atoms with Crippen molar-refractivity contribution in [2.75, 3.05) is 11.5 Å². The second-order valence-corrected chi connectivity index (χ2v) is 4.74. The number of nitrogens with zero attached hydrogens (tertiary/aromatic N) is 2. The van der Waals surface area contributed by atoms with Gasteiger partial charge in [-0.15, -0.1) is 0 Å². The molecule has 2 unspecified atom stereocenters. The first-order valence-electron chi connectivity index (χ1n) is 4.93. The van der Waals surface area contributed by atoms with Crippen LogP contribution in [0.5, 0.6) is 0 Å². The normalized spacial score (nSPS) is 26.6. The Morgan fingerprint density at radius 1 is 1.43 bits per heavy atom. The van der Waals surface area contributed by atoms with Gasteiger partial charge in [0.1, 0.15) is 5.82 Å². The summed E-state index contributed by atoms with van der Waals surface area (Å²) in [6.45, 7) is 3.08. The predicted molar refractivity (Wildman–Crippen MR) is 59.1 cm³/mol. The maximum absolute atomic E-state index is 4.18. The Morgan fingerprint density at radius 2 is 2.21 bits per heavy atom. The lowest BCUT2D eigenvalue weighted by atomic mass is 10.1. The van der Waals surface area contributed by atoms with Crippen molar-refractivity contribution in [3.8, 4) is 0 Å². The summed E-state index contributed by atoms with van der Waals surface area (Å²) in [5.74, 6) is 4.14. The van der Waals surface area contributed by atoms with E-state index in [4.69, 9.17) is 0 Å². The molecule has 0 radical (unpaired) electrons. The molecule has 2 rings (SSSR count). The third kappa shape index (κ3) is 2.45.